The number of para-hydroxylation sites is 1. The predicted octanol–water partition coefficient (Wildman–Crippen LogP) is 5.19. The van der Waals surface area contributed by atoms with Crippen LogP contribution in [-0.2, 0) is 6.61 Å². The summed E-state index contributed by atoms with van der Waals surface area (Å²) >= 11 is 0. The summed E-state index contributed by atoms with van der Waals surface area (Å²) in [5.74, 6) is 1.69. The minimum absolute atomic E-state index is 0.0463. The Labute approximate surface area is 186 Å². The van der Waals surface area contributed by atoms with Crippen LogP contribution in [0.4, 0.5) is 5.69 Å². The van der Waals surface area contributed by atoms with Crippen LogP contribution in [0.25, 0.3) is 11.4 Å². The molecular formula is C25H23N3O4. The van der Waals surface area contributed by atoms with Crippen molar-refractivity contribution in [3.63, 3.8) is 0 Å². The van der Waals surface area contributed by atoms with E-state index in [0.717, 1.165) is 22.4 Å². The highest BCUT2D eigenvalue weighted by Crippen LogP contribution is 2.25. The summed E-state index contributed by atoms with van der Waals surface area (Å²) in [5.41, 5.74) is 4.01. The maximum Gasteiger partial charge on any atom is 0.264 e. The number of methoxy groups -OCH3 is 1. The van der Waals surface area contributed by atoms with Crippen LogP contribution >= 0.6 is 0 Å². The molecule has 1 amide bonds. The highest BCUT2D eigenvalue weighted by atomic mass is 16.5. The second-order valence-corrected chi connectivity index (χ2v) is 7.30. The van der Waals surface area contributed by atoms with Crippen molar-refractivity contribution >= 4 is 11.6 Å². The van der Waals surface area contributed by atoms with Crippen LogP contribution in [0.3, 0.4) is 0 Å². The summed E-state index contributed by atoms with van der Waals surface area (Å²) in [6.07, 6.45) is 0. The zero-order valence-electron chi connectivity index (χ0n) is 18.1. The number of ether oxygens (including phenoxy) is 2. The number of aryl methyl sites for hydroxylation is 2. The van der Waals surface area contributed by atoms with E-state index >= 15 is 0 Å². The molecule has 0 radical (unpaired) electrons. The van der Waals surface area contributed by atoms with E-state index in [4.69, 9.17) is 14.0 Å². The van der Waals surface area contributed by atoms with Crippen molar-refractivity contribution in [1.82, 2.24) is 10.1 Å². The average Bonchev–Trinajstić information content (AvgIpc) is 3.28. The number of anilines is 1. The van der Waals surface area contributed by atoms with Gasteiger partial charge < -0.3 is 19.3 Å². The number of nitrogens with one attached hydrogen (secondary N) is 1. The number of aromatic nitrogens is 2. The van der Waals surface area contributed by atoms with Crippen molar-refractivity contribution in [3.05, 3.63) is 89.3 Å². The lowest BCUT2D eigenvalue weighted by Gasteiger charge is -2.12. The fraction of sp³-hybridized carbons (Fsp3) is 0.160. The SMILES string of the molecule is COc1ccc(NC(=O)c2ccccc2OCc2nc(-c3ccc(C)cc3)no2)c(C)c1. The molecule has 4 rings (SSSR count). The summed E-state index contributed by atoms with van der Waals surface area (Å²) in [6, 6.07) is 20.3. The lowest BCUT2D eigenvalue weighted by molar-refractivity contribution is 0.102. The maximum atomic E-state index is 12.9. The second kappa shape index (κ2) is 9.34. The summed E-state index contributed by atoms with van der Waals surface area (Å²) in [7, 11) is 1.60. The first-order valence-corrected chi connectivity index (χ1v) is 10.1. The molecule has 162 valence electrons. The van der Waals surface area contributed by atoms with E-state index in [-0.39, 0.29) is 12.5 Å². The fourth-order valence-corrected chi connectivity index (χ4v) is 3.15. The molecule has 4 aromatic rings. The van der Waals surface area contributed by atoms with E-state index in [1.807, 2.05) is 44.2 Å². The molecule has 1 N–H and O–H groups in total. The molecule has 0 unspecified atom stereocenters. The Balaban J connectivity index is 1.46. The van der Waals surface area contributed by atoms with Gasteiger partial charge in [0.05, 0.1) is 12.7 Å². The Bertz CT molecular complexity index is 1230. The number of nitrogens with zero attached hydrogens (tertiary/aromatic N) is 2. The fourth-order valence-electron chi connectivity index (χ4n) is 3.15. The molecule has 1 aromatic heterocycles. The Morgan fingerprint density at radius 2 is 1.81 bits per heavy atom. The molecule has 0 aliphatic heterocycles. The summed E-state index contributed by atoms with van der Waals surface area (Å²) < 4.78 is 16.4. The highest BCUT2D eigenvalue weighted by Gasteiger charge is 2.15. The van der Waals surface area contributed by atoms with E-state index < -0.39 is 0 Å². The molecule has 0 bridgehead atoms. The monoisotopic (exact) mass is 429 g/mol. The minimum atomic E-state index is -0.278. The molecule has 0 aliphatic rings. The van der Waals surface area contributed by atoms with Gasteiger partial charge in [-0.25, -0.2) is 0 Å². The van der Waals surface area contributed by atoms with Gasteiger partial charge in [0.2, 0.25) is 5.82 Å². The number of benzene rings is 3. The molecule has 1 heterocycles. The van der Waals surface area contributed by atoms with Gasteiger partial charge in [-0.2, -0.15) is 4.98 Å². The molecule has 0 aliphatic carbocycles. The molecule has 0 spiro atoms. The third kappa shape index (κ3) is 4.78. The number of hydrogen-bond acceptors (Lipinski definition) is 6. The standard InChI is InChI=1S/C25H23N3O4/c1-16-8-10-18(11-9-16)24-27-23(32-28-24)15-31-22-7-5-4-6-20(22)25(29)26-21-13-12-19(30-3)14-17(21)2/h4-14H,15H2,1-3H3,(H,26,29). The van der Waals surface area contributed by atoms with Gasteiger partial charge in [0.25, 0.3) is 11.8 Å². The Morgan fingerprint density at radius 3 is 2.56 bits per heavy atom. The Morgan fingerprint density at radius 1 is 1.03 bits per heavy atom. The van der Waals surface area contributed by atoms with Crippen LogP contribution in [0, 0.1) is 13.8 Å². The smallest absolute Gasteiger partial charge is 0.264 e. The Kier molecular flexibility index (Phi) is 6.17. The van der Waals surface area contributed by atoms with Gasteiger partial charge in [0, 0.05) is 11.3 Å². The molecule has 7 heteroatoms. The van der Waals surface area contributed by atoms with Crippen LogP contribution in [0.15, 0.2) is 71.3 Å². The van der Waals surface area contributed by atoms with Crippen molar-refractivity contribution in [2.45, 2.75) is 20.5 Å². The van der Waals surface area contributed by atoms with Gasteiger partial charge in [-0.3, -0.25) is 4.79 Å². The molecule has 0 atom stereocenters. The molecule has 7 nitrogen and oxygen atoms in total. The molecule has 0 saturated heterocycles. The third-order valence-electron chi connectivity index (χ3n) is 4.94. The molecular weight excluding hydrogens is 406 g/mol. The number of carbonyl (C=O) groups is 1. The van der Waals surface area contributed by atoms with Gasteiger partial charge in [-0.1, -0.05) is 47.1 Å². The van der Waals surface area contributed by atoms with Crippen LogP contribution in [-0.4, -0.2) is 23.2 Å². The third-order valence-corrected chi connectivity index (χ3v) is 4.94. The van der Waals surface area contributed by atoms with E-state index in [1.54, 1.807) is 43.5 Å². The first kappa shape index (κ1) is 21.1. The maximum absolute atomic E-state index is 12.9. The lowest BCUT2D eigenvalue weighted by atomic mass is 10.1. The van der Waals surface area contributed by atoms with Gasteiger partial charge in [0.1, 0.15) is 11.5 Å². The zero-order chi connectivity index (χ0) is 22.5. The minimum Gasteiger partial charge on any atom is -0.497 e. The van der Waals surface area contributed by atoms with E-state index in [2.05, 4.69) is 15.5 Å². The van der Waals surface area contributed by atoms with Crippen molar-refractivity contribution < 1.29 is 18.8 Å². The van der Waals surface area contributed by atoms with E-state index in [1.165, 1.54) is 0 Å². The summed E-state index contributed by atoms with van der Waals surface area (Å²) in [5, 5.41) is 6.93. The first-order chi connectivity index (χ1) is 15.5. The molecule has 32 heavy (non-hydrogen) atoms. The van der Waals surface area contributed by atoms with Gasteiger partial charge in [-0.15, -0.1) is 0 Å². The van der Waals surface area contributed by atoms with Crippen LogP contribution in [0.1, 0.15) is 27.4 Å². The quantitative estimate of drug-likeness (QED) is 0.435. The van der Waals surface area contributed by atoms with Crippen molar-refractivity contribution in [3.8, 4) is 22.9 Å². The predicted molar refractivity (Wildman–Crippen MR) is 121 cm³/mol. The summed E-state index contributed by atoms with van der Waals surface area (Å²) in [6.45, 7) is 3.97. The second-order valence-electron chi connectivity index (χ2n) is 7.30. The molecule has 3 aromatic carbocycles. The summed E-state index contributed by atoms with van der Waals surface area (Å²) in [4.78, 5) is 17.3. The molecule has 0 saturated carbocycles. The lowest BCUT2D eigenvalue weighted by Crippen LogP contribution is -2.14. The van der Waals surface area contributed by atoms with E-state index in [9.17, 15) is 4.79 Å². The number of carbonyl (C=O) groups excluding carboxylic acids is 1. The van der Waals surface area contributed by atoms with E-state index in [0.29, 0.717) is 28.7 Å². The van der Waals surface area contributed by atoms with Gasteiger partial charge >= 0.3 is 0 Å². The Hall–Kier alpha value is -4.13. The van der Waals surface area contributed by atoms with Crippen molar-refractivity contribution in [2.75, 3.05) is 12.4 Å². The number of hydrogen-bond donors (Lipinski definition) is 1. The zero-order valence-corrected chi connectivity index (χ0v) is 18.1. The van der Waals surface area contributed by atoms with Crippen LogP contribution < -0.4 is 14.8 Å². The molecule has 0 fully saturated rings. The largest absolute Gasteiger partial charge is 0.497 e. The van der Waals surface area contributed by atoms with Crippen LogP contribution in [0.2, 0.25) is 0 Å². The van der Waals surface area contributed by atoms with Crippen LogP contribution in [0.5, 0.6) is 11.5 Å². The van der Waals surface area contributed by atoms with Crippen molar-refractivity contribution in [1.29, 1.82) is 0 Å². The topological polar surface area (TPSA) is 86.5 Å². The highest BCUT2D eigenvalue weighted by molar-refractivity contribution is 6.06. The van der Waals surface area contributed by atoms with Gasteiger partial charge in [0.15, 0.2) is 6.61 Å². The first-order valence-electron chi connectivity index (χ1n) is 10.1. The van der Waals surface area contributed by atoms with Gasteiger partial charge in [-0.05, 0) is 49.7 Å². The average molecular weight is 429 g/mol. The number of amides is 1. The van der Waals surface area contributed by atoms with Crippen molar-refractivity contribution in [2.24, 2.45) is 0 Å². The normalized spacial score (nSPS) is 10.6. The number of rotatable bonds is 7.